The Labute approximate surface area is 198 Å². The first-order valence-electron chi connectivity index (χ1n) is 11.1. The third kappa shape index (κ3) is 6.60. The minimum absolute atomic E-state index is 0.0300. The van der Waals surface area contributed by atoms with Gasteiger partial charge in [-0.15, -0.1) is 11.3 Å². The molecular formula is C25H29FN4O2S. The Morgan fingerprint density at radius 1 is 1.09 bits per heavy atom. The number of thiazole rings is 1. The van der Waals surface area contributed by atoms with E-state index in [0.717, 1.165) is 54.7 Å². The fourth-order valence-electron chi connectivity index (χ4n) is 3.78. The van der Waals surface area contributed by atoms with Gasteiger partial charge in [0.05, 0.1) is 12.2 Å². The zero-order chi connectivity index (χ0) is 23.2. The molecule has 0 spiro atoms. The Bertz CT molecular complexity index is 1080. The van der Waals surface area contributed by atoms with Crippen LogP contribution < -0.4 is 10.1 Å². The summed E-state index contributed by atoms with van der Waals surface area (Å²) in [6, 6.07) is 12.0. The molecule has 1 N–H and O–H groups in total. The summed E-state index contributed by atoms with van der Waals surface area (Å²) in [4.78, 5) is 21.7. The number of hydrogen-bond acceptors (Lipinski definition) is 6. The van der Waals surface area contributed by atoms with Crippen LogP contribution >= 0.6 is 11.3 Å². The van der Waals surface area contributed by atoms with Crippen molar-refractivity contribution in [3.8, 4) is 5.75 Å². The lowest BCUT2D eigenvalue weighted by Gasteiger charge is -2.33. The number of hydrogen-bond donors (Lipinski definition) is 1. The summed E-state index contributed by atoms with van der Waals surface area (Å²) in [7, 11) is 0. The first kappa shape index (κ1) is 23.4. The maximum atomic E-state index is 13.0. The normalized spacial score (nSPS) is 14.9. The average Bonchev–Trinajstić information content (AvgIpc) is 3.25. The van der Waals surface area contributed by atoms with Crippen LogP contribution in [0.1, 0.15) is 21.8 Å². The van der Waals surface area contributed by atoms with E-state index in [1.54, 1.807) is 23.5 Å². The van der Waals surface area contributed by atoms with Gasteiger partial charge in [0.15, 0.2) is 0 Å². The van der Waals surface area contributed by atoms with Gasteiger partial charge in [-0.25, -0.2) is 9.37 Å². The Hall–Kier alpha value is -2.81. The van der Waals surface area contributed by atoms with Crippen LogP contribution in [0.2, 0.25) is 0 Å². The summed E-state index contributed by atoms with van der Waals surface area (Å²) >= 11 is 1.57. The highest BCUT2D eigenvalue weighted by Crippen LogP contribution is 2.19. The van der Waals surface area contributed by atoms with Crippen molar-refractivity contribution in [3.63, 3.8) is 0 Å². The van der Waals surface area contributed by atoms with Crippen LogP contribution in [0.25, 0.3) is 0 Å². The number of carbonyl (C=O) groups excluding carboxylic acids is 1. The number of anilines is 1. The van der Waals surface area contributed by atoms with Crippen LogP contribution in [-0.2, 0) is 17.9 Å². The first-order valence-corrected chi connectivity index (χ1v) is 12.0. The van der Waals surface area contributed by atoms with Gasteiger partial charge in [0.1, 0.15) is 23.2 Å². The number of ether oxygens (including phenoxy) is 1. The number of piperazine rings is 1. The predicted molar refractivity (Wildman–Crippen MR) is 129 cm³/mol. The second-order valence-electron chi connectivity index (χ2n) is 8.32. The monoisotopic (exact) mass is 468 g/mol. The van der Waals surface area contributed by atoms with Gasteiger partial charge in [0.2, 0.25) is 5.91 Å². The summed E-state index contributed by atoms with van der Waals surface area (Å²) in [6.45, 7) is 9.15. The first-order chi connectivity index (χ1) is 16.0. The van der Waals surface area contributed by atoms with E-state index in [0.29, 0.717) is 18.9 Å². The molecule has 0 unspecified atom stereocenters. The quantitative estimate of drug-likeness (QED) is 0.536. The number of amides is 1. The molecule has 0 bridgehead atoms. The molecule has 0 radical (unpaired) electrons. The van der Waals surface area contributed by atoms with Gasteiger partial charge < -0.3 is 10.1 Å². The minimum Gasteiger partial charge on any atom is -0.486 e. The molecule has 2 heterocycles. The van der Waals surface area contributed by atoms with Gasteiger partial charge in [-0.05, 0) is 55.3 Å². The molecule has 1 fully saturated rings. The molecule has 6 nitrogen and oxygen atoms in total. The van der Waals surface area contributed by atoms with Gasteiger partial charge in [-0.2, -0.15) is 0 Å². The van der Waals surface area contributed by atoms with Crippen LogP contribution in [0.3, 0.4) is 0 Å². The van der Waals surface area contributed by atoms with E-state index in [4.69, 9.17) is 4.74 Å². The molecule has 4 rings (SSSR count). The van der Waals surface area contributed by atoms with E-state index in [2.05, 4.69) is 25.5 Å². The van der Waals surface area contributed by atoms with E-state index in [1.807, 2.05) is 32.0 Å². The lowest BCUT2D eigenvalue weighted by molar-refractivity contribution is -0.117. The molecule has 174 valence electrons. The number of carbonyl (C=O) groups is 1. The number of nitrogens with one attached hydrogen (secondary N) is 1. The smallest absolute Gasteiger partial charge is 0.238 e. The van der Waals surface area contributed by atoms with E-state index in [-0.39, 0.29) is 11.7 Å². The standard InChI is InChI=1S/C25H29FN4O2S/c1-18-4-3-5-23(19(18)2)28-24(31)15-30-12-10-29(11-13-30)14-21-17-33-25(27-21)16-32-22-8-6-20(26)7-9-22/h3-9,17H,10-16H2,1-2H3,(H,28,31). The molecule has 8 heteroatoms. The molecule has 1 aliphatic rings. The minimum atomic E-state index is -0.277. The topological polar surface area (TPSA) is 57.7 Å². The van der Waals surface area contributed by atoms with Crippen molar-refractivity contribution in [1.82, 2.24) is 14.8 Å². The molecule has 1 saturated heterocycles. The number of halogens is 1. The molecular weight excluding hydrogens is 439 g/mol. The molecule has 1 amide bonds. The van der Waals surface area contributed by atoms with Gasteiger partial charge >= 0.3 is 0 Å². The average molecular weight is 469 g/mol. The Morgan fingerprint density at radius 2 is 1.82 bits per heavy atom. The zero-order valence-corrected chi connectivity index (χ0v) is 19.8. The second-order valence-corrected chi connectivity index (χ2v) is 9.27. The molecule has 0 aliphatic carbocycles. The fraction of sp³-hybridized carbons (Fsp3) is 0.360. The van der Waals surface area contributed by atoms with E-state index in [1.165, 1.54) is 17.7 Å². The highest BCUT2D eigenvalue weighted by molar-refractivity contribution is 7.09. The van der Waals surface area contributed by atoms with Crippen molar-refractivity contribution >= 4 is 22.9 Å². The summed E-state index contributed by atoms with van der Waals surface area (Å²) in [5, 5.41) is 6.01. The van der Waals surface area contributed by atoms with Crippen LogP contribution in [-0.4, -0.2) is 53.4 Å². The summed E-state index contributed by atoms with van der Waals surface area (Å²) < 4.78 is 18.7. The number of aryl methyl sites for hydroxylation is 1. The number of aromatic nitrogens is 1. The van der Waals surface area contributed by atoms with Crippen molar-refractivity contribution in [2.45, 2.75) is 27.0 Å². The third-order valence-corrected chi connectivity index (χ3v) is 6.74. The maximum Gasteiger partial charge on any atom is 0.238 e. The van der Waals surface area contributed by atoms with Crippen molar-refractivity contribution in [2.24, 2.45) is 0 Å². The molecule has 1 aromatic heterocycles. The predicted octanol–water partition coefficient (Wildman–Crippen LogP) is 4.23. The van der Waals surface area contributed by atoms with Gasteiger partial charge in [0, 0.05) is 43.8 Å². The molecule has 0 atom stereocenters. The van der Waals surface area contributed by atoms with E-state index < -0.39 is 0 Å². The largest absolute Gasteiger partial charge is 0.486 e. The highest BCUT2D eigenvalue weighted by Gasteiger charge is 2.20. The Kier molecular flexibility index (Phi) is 7.69. The zero-order valence-electron chi connectivity index (χ0n) is 19.0. The maximum absolute atomic E-state index is 13.0. The molecule has 33 heavy (non-hydrogen) atoms. The van der Waals surface area contributed by atoms with Crippen LogP contribution in [0.15, 0.2) is 47.8 Å². The van der Waals surface area contributed by atoms with Crippen LogP contribution in [0.5, 0.6) is 5.75 Å². The number of rotatable bonds is 8. The lowest BCUT2D eigenvalue weighted by Crippen LogP contribution is -2.48. The van der Waals surface area contributed by atoms with Crippen molar-refractivity contribution in [3.05, 3.63) is 75.5 Å². The van der Waals surface area contributed by atoms with Crippen LogP contribution in [0, 0.1) is 19.7 Å². The van der Waals surface area contributed by atoms with E-state index >= 15 is 0 Å². The Morgan fingerprint density at radius 3 is 2.58 bits per heavy atom. The fourth-order valence-corrected chi connectivity index (χ4v) is 4.47. The van der Waals surface area contributed by atoms with Crippen molar-refractivity contribution in [2.75, 3.05) is 38.0 Å². The second kappa shape index (κ2) is 10.9. The highest BCUT2D eigenvalue weighted by atomic mass is 32.1. The number of nitrogens with zero attached hydrogens (tertiary/aromatic N) is 3. The third-order valence-electron chi connectivity index (χ3n) is 5.87. The van der Waals surface area contributed by atoms with Crippen LogP contribution in [0.4, 0.5) is 10.1 Å². The summed E-state index contributed by atoms with van der Waals surface area (Å²) in [5.74, 6) is 0.384. The summed E-state index contributed by atoms with van der Waals surface area (Å²) in [6.07, 6.45) is 0. The molecule has 0 saturated carbocycles. The Balaban J connectivity index is 1.19. The van der Waals surface area contributed by atoms with Crippen molar-refractivity contribution < 1.29 is 13.9 Å². The van der Waals surface area contributed by atoms with Gasteiger partial charge in [0.25, 0.3) is 0 Å². The molecule has 2 aromatic carbocycles. The molecule has 3 aromatic rings. The van der Waals surface area contributed by atoms with Gasteiger partial charge in [-0.3, -0.25) is 14.6 Å². The summed E-state index contributed by atoms with van der Waals surface area (Å²) in [5.41, 5.74) is 4.20. The molecule has 1 aliphatic heterocycles. The number of benzene rings is 2. The van der Waals surface area contributed by atoms with Crippen molar-refractivity contribution in [1.29, 1.82) is 0 Å². The van der Waals surface area contributed by atoms with E-state index in [9.17, 15) is 9.18 Å². The lowest BCUT2D eigenvalue weighted by atomic mass is 10.1. The van der Waals surface area contributed by atoms with Gasteiger partial charge in [-0.1, -0.05) is 12.1 Å². The SMILES string of the molecule is Cc1cccc(NC(=O)CN2CCN(Cc3csc(COc4ccc(F)cc4)n3)CC2)c1C.